The zero-order valence-electron chi connectivity index (χ0n) is 22.8. The molecule has 3 aromatic carbocycles. The Balaban J connectivity index is 1.59. The number of aromatic nitrogens is 3. The second-order valence-electron chi connectivity index (χ2n) is 8.37. The van der Waals surface area contributed by atoms with E-state index >= 15 is 0 Å². The van der Waals surface area contributed by atoms with Gasteiger partial charge in [0.2, 0.25) is 5.91 Å². The number of amides is 2. The van der Waals surface area contributed by atoms with E-state index in [1.807, 2.05) is 0 Å². The quantitative estimate of drug-likeness (QED) is 0.238. The Morgan fingerprint density at radius 2 is 1.56 bits per heavy atom. The zero-order valence-corrected chi connectivity index (χ0v) is 23.6. The summed E-state index contributed by atoms with van der Waals surface area (Å²) >= 11 is 1.13. The van der Waals surface area contributed by atoms with Crippen LogP contribution in [0.1, 0.15) is 16.2 Å². The van der Waals surface area contributed by atoms with Crippen LogP contribution >= 0.6 is 11.8 Å². The molecule has 13 heteroatoms. The maximum absolute atomic E-state index is 13.2. The molecule has 0 aliphatic rings. The highest BCUT2D eigenvalue weighted by Gasteiger charge is 2.21. The van der Waals surface area contributed by atoms with Gasteiger partial charge in [-0.05, 0) is 54.6 Å². The van der Waals surface area contributed by atoms with Crippen molar-refractivity contribution in [3.8, 4) is 28.7 Å². The van der Waals surface area contributed by atoms with Crippen molar-refractivity contribution < 1.29 is 32.9 Å². The molecule has 4 rings (SSSR count). The van der Waals surface area contributed by atoms with E-state index in [1.165, 1.54) is 52.7 Å². The van der Waals surface area contributed by atoms with Gasteiger partial charge in [-0.15, -0.1) is 10.2 Å². The van der Waals surface area contributed by atoms with Crippen LogP contribution < -0.4 is 29.6 Å². The monoisotopic (exact) mass is 581 g/mol. The predicted molar refractivity (Wildman–Crippen MR) is 151 cm³/mol. The number of carbonyl (C=O) groups is 2. The molecule has 0 aliphatic carbocycles. The maximum atomic E-state index is 13.2. The smallest absolute Gasteiger partial charge is 0.251 e. The van der Waals surface area contributed by atoms with E-state index in [2.05, 4.69) is 20.8 Å². The minimum absolute atomic E-state index is 0.00286. The minimum Gasteiger partial charge on any atom is -0.497 e. The summed E-state index contributed by atoms with van der Waals surface area (Å²) in [5, 5.41) is 14.5. The van der Waals surface area contributed by atoms with Gasteiger partial charge in [-0.25, -0.2) is 4.39 Å². The standard InChI is InChI=1S/C28H28FN5O6S/c1-37-20-10-12-22(38-2)21(14-20)34-25(15-30-27(36)17-5-11-23(39-3)24(13-17)40-4)32-33-28(34)41-16-26(35)31-19-8-6-18(29)7-9-19/h5-14H,15-16H2,1-4H3,(H,30,36)(H,31,35). The van der Waals surface area contributed by atoms with Gasteiger partial charge in [-0.3, -0.25) is 14.2 Å². The van der Waals surface area contributed by atoms with Gasteiger partial charge in [0.1, 0.15) is 17.3 Å². The third-order valence-corrected chi connectivity index (χ3v) is 6.77. The van der Waals surface area contributed by atoms with E-state index in [1.54, 1.807) is 41.0 Å². The molecule has 2 amide bonds. The summed E-state index contributed by atoms with van der Waals surface area (Å²) in [6.07, 6.45) is 0. The number of carbonyl (C=O) groups excluding carboxylic acids is 2. The molecule has 0 bridgehead atoms. The number of halogens is 1. The summed E-state index contributed by atoms with van der Waals surface area (Å²) in [7, 11) is 6.07. The Bertz CT molecular complexity index is 1530. The molecule has 0 saturated heterocycles. The predicted octanol–water partition coefficient (Wildman–Crippen LogP) is 4.10. The fourth-order valence-corrected chi connectivity index (χ4v) is 4.58. The molecule has 41 heavy (non-hydrogen) atoms. The number of nitrogens with one attached hydrogen (secondary N) is 2. The zero-order chi connectivity index (χ0) is 29.4. The molecule has 0 aliphatic heterocycles. The number of thioether (sulfide) groups is 1. The van der Waals surface area contributed by atoms with Crippen LogP contribution in [0.4, 0.5) is 10.1 Å². The number of ether oxygens (including phenoxy) is 4. The number of hydrogen-bond donors (Lipinski definition) is 2. The Kier molecular flexibility index (Phi) is 9.64. The first-order valence-corrected chi connectivity index (χ1v) is 13.2. The van der Waals surface area contributed by atoms with E-state index in [-0.39, 0.29) is 24.1 Å². The third-order valence-electron chi connectivity index (χ3n) is 5.84. The molecular weight excluding hydrogens is 553 g/mol. The van der Waals surface area contributed by atoms with E-state index in [9.17, 15) is 14.0 Å². The second kappa shape index (κ2) is 13.5. The van der Waals surface area contributed by atoms with Crippen molar-refractivity contribution in [3.63, 3.8) is 0 Å². The van der Waals surface area contributed by atoms with E-state index in [0.717, 1.165) is 11.8 Å². The average Bonchev–Trinajstić information content (AvgIpc) is 3.41. The second-order valence-corrected chi connectivity index (χ2v) is 9.31. The Labute approximate surface area is 240 Å². The van der Waals surface area contributed by atoms with Crippen LogP contribution in [0.15, 0.2) is 65.8 Å². The van der Waals surface area contributed by atoms with Gasteiger partial charge in [-0.2, -0.15) is 0 Å². The van der Waals surface area contributed by atoms with Gasteiger partial charge in [0.25, 0.3) is 5.91 Å². The number of hydrogen-bond acceptors (Lipinski definition) is 9. The molecule has 214 valence electrons. The van der Waals surface area contributed by atoms with E-state index < -0.39 is 5.82 Å². The van der Waals surface area contributed by atoms with Crippen LogP contribution in [-0.2, 0) is 11.3 Å². The summed E-state index contributed by atoms with van der Waals surface area (Å²) in [5.74, 6) is 1.25. The molecule has 4 aromatic rings. The van der Waals surface area contributed by atoms with Crippen LogP contribution in [0.2, 0.25) is 0 Å². The first kappa shape index (κ1) is 29.2. The topological polar surface area (TPSA) is 126 Å². The highest BCUT2D eigenvalue weighted by Crippen LogP contribution is 2.32. The number of rotatable bonds is 12. The van der Waals surface area contributed by atoms with Gasteiger partial charge < -0.3 is 29.6 Å². The number of benzene rings is 3. The summed E-state index contributed by atoms with van der Waals surface area (Å²) in [6, 6.07) is 15.5. The lowest BCUT2D eigenvalue weighted by Crippen LogP contribution is -2.25. The fraction of sp³-hybridized carbons (Fsp3) is 0.214. The molecule has 0 spiro atoms. The van der Waals surface area contributed by atoms with Crippen molar-refractivity contribution >= 4 is 29.3 Å². The Morgan fingerprint density at radius 1 is 0.854 bits per heavy atom. The molecule has 2 N–H and O–H groups in total. The Hall–Kier alpha value is -4.78. The van der Waals surface area contributed by atoms with Crippen molar-refractivity contribution in [2.75, 3.05) is 39.5 Å². The van der Waals surface area contributed by atoms with Crippen molar-refractivity contribution in [2.24, 2.45) is 0 Å². The first-order valence-electron chi connectivity index (χ1n) is 12.2. The highest BCUT2D eigenvalue weighted by molar-refractivity contribution is 7.99. The third kappa shape index (κ3) is 7.06. The molecule has 0 atom stereocenters. The van der Waals surface area contributed by atoms with Crippen molar-refractivity contribution in [2.45, 2.75) is 11.7 Å². The summed E-state index contributed by atoms with van der Waals surface area (Å²) in [6.45, 7) is 0.00286. The Morgan fingerprint density at radius 3 is 2.24 bits per heavy atom. The minimum atomic E-state index is -0.400. The molecule has 1 aromatic heterocycles. The maximum Gasteiger partial charge on any atom is 0.251 e. The molecule has 0 saturated carbocycles. The fourth-order valence-electron chi connectivity index (χ4n) is 3.82. The summed E-state index contributed by atoms with van der Waals surface area (Å²) in [4.78, 5) is 25.6. The van der Waals surface area contributed by atoms with Crippen LogP contribution in [-0.4, -0.2) is 60.8 Å². The van der Waals surface area contributed by atoms with Crippen molar-refractivity contribution in [1.82, 2.24) is 20.1 Å². The lowest BCUT2D eigenvalue weighted by atomic mass is 10.2. The van der Waals surface area contributed by atoms with Gasteiger partial charge in [0, 0.05) is 17.3 Å². The van der Waals surface area contributed by atoms with Gasteiger partial charge in [0.15, 0.2) is 22.5 Å². The number of methoxy groups -OCH3 is 4. The largest absolute Gasteiger partial charge is 0.497 e. The first-order chi connectivity index (χ1) is 19.9. The molecule has 0 unspecified atom stereocenters. The molecule has 11 nitrogen and oxygen atoms in total. The van der Waals surface area contributed by atoms with Crippen LogP contribution in [0.5, 0.6) is 23.0 Å². The van der Waals surface area contributed by atoms with Gasteiger partial charge in [-0.1, -0.05) is 11.8 Å². The normalized spacial score (nSPS) is 10.6. The number of nitrogens with zero attached hydrogens (tertiary/aromatic N) is 3. The van der Waals surface area contributed by atoms with Crippen LogP contribution in [0, 0.1) is 5.82 Å². The summed E-state index contributed by atoms with van der Waals surface area (Å²) in [5.41, 5.74) is 1.37. The van der Waals surface area contributed by atoms with Crippen molar-refractivity contribution in [1.29, 1.82) is 0 Å². The number of anilines is 1. The summed E-state index contributed by atoms with van der Waals surface area (Å²) < 4.78 is 36.4. The molecule has 0 fully saturated rings. The molecular formula is C28H28FN5O6S. The van der Waals surface area contributed by atoms with E-state index in [0.29, 0.717) is 50.9 Å². The van der Waals surface area contributed by atoms with Gasteiger partial charge in [0.05, 0.1) is 46.4 Å². The molecule has 1 heterocycles. The van der Waals surface area contributed by atoms with Gasteiger partial charge >= 0.3 is 0 Å². The lowest BCUT2D eigenvalue weighted by molar-refractivity contribution is -0.113. The average molecular weight is 582 g/mol. The molecule has 0 radical (unpaired) electrons. The van der Waals surface area contributed by atoms with Crippen LogP contribution in [0.3, 0.4) is 0 Å². The lowest BCUT2D eigenvalue weighted by Gasteiger charge is -2.15. The van der Waals surface area contributed by atoms with Crippen LogP contribution in [0.25, 0.3) is 5.69 Å². The highest BCUT2D eigenvalue weighted by atomic mass is 32.2. The SMILES string of the molecule is COc1ccc(OC)c(-n2c(CNC(=O)c3ccc(OC)c(OC)c3)nnc2SCC(=O)Nc2ccc(F)cc2)c1. The van der Waals surface area contributed by atoms with Crippen molar-refractivity contribution in [3.05, 3.63) is 77.9 Å². The van der Waals surface area contributed by atoms with E-state index in [4.69, 9.17) is 18.9 Å².